The van der Waals surface area contributed by atoms with E-state index in [1.54, 1.807) is 29.2 Å². The number of piperazine rings is 1. The van der Waals surface area contributed by atoms with Gasteiger partial charge in [-0.15, -0.1) is 0 Å². The maximum absolute atomic E-state index is 12.8. The van der Waals surface area contributed by atoms with E-state index < -0.39 is 17.9 Å². The minimum atomic E-state index is -0.857. The first-order valence-electron chi connectivity index (χ1n) is 11.8. The van der Waals surface area contributed by atoms with Crippen molar-refractivity contribution in [3.05, 3.63) is 65.7 Å². The lowest BCUT2D eigenvalue weighted by molar-refractivity contribution is -0.147. The van der Waals surface area contributed by atoms with Crippen molar-refractivity contribution in [2.75, 3.05) is 26.3 Å². The first-order chi connectivity index (χ1) is 17.0. The van der Waals surface area contributed by atoms with Crippen molar-refractivity contribution in [1.29, 1.82) is 0 Å². The Bertz CT molecular complexity index is 1030. The predicted octanol–water partition coefficient (Wildman–Crippen LogP) is 2.86. The standard InChI is InChI=1S/C26H31N3O5S/c1-2-3-15-33-21-11-7-10-20(17-21)24(31)28-26(35)29-14-13-27-25(32)22(29)18-23(30)34-16-12-19-8-5-4-6-9-19/h4-11,17,22H,2-3,12-16,18H2,1H3,(H,27,32)(H,28,31,35). The number of nitrogens with zero attached hydrogens (tertiary/aromatic N) is 1. The van der Waals surface area contributed by atoms with Crippen molar-refractivity contribution >= 4 is 35.1 Å². The van der Waals surface area contributed by atoms with Gasteiger partial charge in [-0.2, -0.15) is 0 Å². The number of amides is 2. The zero-order valence-electron chi connectivity index (χ0n) is 19.8. The van der Waals surface area contributed by atoms with Crippen molar-refractivity contribution in [1.82, 2.24) is 15.5 Å². The van der Waals surface area contributed by atoms with E-state index in [-0.39, 0.29) is 24.0 Å². The summed E-state index contributed by atoms with van der Waals surface area (Å²) in [6.45, 7) is 3.59. The largest absolute Gasteiger partial charge is 0.494 e. The number of hydrogen-bond acceptors (Lipinski definition) is 6. The normalized spacial score (nSPS) is 15.2. The smallest absolute Gasteiger partial charge is 0.308 e. The van der Waals surface area contributed by atoms with Gasteiger partial charge in [0, 0.05) is 25.1 Å². The highest BCUT2D eigenvalue weighted by Crippen LogP contribution is 2.15. The molecule has 0 saturated carbocycles. The molecule has 0 spiro atoms. The van der Waals surface area contributed by atoms with Crippen LogP contribution in [0.25, 0.3) is 0 Å². The molecule has 1 aliphatic heterocycles. The molecule has 0 aromatic heterocycles. The minimum Gasteiger partial charge on any atom is -0.494 e. The molecular weight excluding hydrogens is 466 g/mol. The van der Waals surface area contributed by atoms with Crippen molar-refractivity contribution in [3.8, 4) is 5.75 Å². The molecule has 0 radical (unpaired) electrons. The van der Waals surface area contributed by atoms with Crippen LogP contribution in [0.1, 0.15) is 42.1 Å². The molecule has 2 N–H and O–H groups in total. The molecule has 1 unspecified atom stereocenters. The highest BCUT2D eigenvalue weighted by molar-refractivity contribution is 7.80. The molecule has 1 heterocycles. The van der Waals surface area contributed by atoms with Gasteiger partial charge in [0.25, 0.3) is 5.91 Å². The fourth-order valence-corrected chi connectivity index (χ4v) is 3.92. The van der Waals surface area contributed by atoms with Gasteiger partial charge in [0.2, 0.25) is 5.91 Å². The lowest BCUT2D eigenvalue weighted by Gasteiger charge is -2.36. The molecule has 1 atom stereocenters. The number of nitrogens with one attached hydrogen (secondary N) is 2. The van der Waals surface area contributed by atoms with Crippen molar-refractivity contribution in [2.45, 2.75) is 38.6 Å². The Morgan fingerprint density at radius 2 is 1.94 bits per heavy atom. The summed E-state index contributed by atoms with van der Waals surface area (Å²) in [7, 11) is 0. The number of thiocarbonyl (C=S) groups is 1. The van der Waals surface area contributed by atoms with Gasteiger partial charge in [0.05, 0.1) is 19.6 Å². The van der Waals surface area contributed by atoms with Crippen LogP contribution in [0.2, 0.25) is 0 Å². The average molecular weight is 498 g/mol. The molecule has 2 amide bonds. The second-order valence-electron chi connectivity index (χ2n) is 8.15. The van der Waals surface area contributed by atoms with Crippen molar-refractivity contribution in [3.63, 3.8) is 0 Å². The summed E-state index contributed by atoms with van der Waals surface area (Å²) in [6.07, 6.45) is 2.35. The number of ether oxygens (including phenoxy) is 2. The van der Waals surface area contributed by atoms with Crippen LogP contribution in [0.4, 0.5) is 0 Å². The summed E-state index contributed by atoms with van der Waals surface area (Å²) in [5.74, 6) is -0.644. The van der Waals surface area contributed by atoms with Crippen molar-refractivity contribution in [2.24, 2.45) is 0 Å². The van der Waals surface area contributed by atoms with Crippen LogP contribution in [0, 0.1) is 0 Å². The number of carbonyl (C=O) groups is 3. The Morgan fingerprint density at radius 1 is 1.14 bits per heavy atom. The van der Waals surface area contributed by atoms with Gasteiger partial charge >= 0.3 is 5.97 Å². The molecule has 0 bridgehead atoms. The van der Waals surface area contributed by atoms with Crippen LogP contribution in [-0.4, -0.2) is 60.1 Å². The highest BCUT2D eigenvalue weighted by atomic mass is 32.1. The summed E-state index contributed by atoms with van der Waals surface area (Å²) in [5, 5.41) is 5.51. The summed E-state index contributed by atoms with van der Waals surface area (Å²) in [5.41, 5.74) is 1.45. The molecule has 1 aliphatic rings. The van der Waals surface area contributed by atoms with Gasteiger partial charge in [-0.25, -0.2) is 0 Å². The van der Waals surface area contributed by atoms with E-state index >= 15 is 0 Å². The van der Waals surface area contributed by atoms with E-state index in [1.807, 2.05) is 30.3 Å². The SMILES string of the molecule is CCCCOc1cccc(C(=O)NC(=S)N2CCNC(=O)C2CC(=O)OCCc2ccccc2)c1. The second-order valence-corrected chi connectivity index (χ2v) is 8.54. The van der Waals surface area contributed by atoms with Gasteiger partial charge < -0.3 is 19.7 Å². The number of esters is 1. The lowest BCUT2D eigenvalue weighted by Crippen LogP contribution is -2.60. The molecule has 2 aromatic carbocycles. The Labute approximate surface area is 211 Å². The molecule has 35 heavy (non-hydrogen) atoms. The second kappa shape index (κ2) is 13.4. The number of benzene rings is 2. The van der Waals surface area contributed by atoms with Crippen LogP contribution in [-0.2, 0) is 20.7 Å². The molecular formula is C26H31N3O5S. The molecule has 0 aliphatic carbocycles. The fourth-order valence-electron chi connectivity index (χ4n) is 3.61. The van der Waals surface area contributed by atoms with Crippen LogP contribution in [0.5, 0.6) is 5.75 Å². The third-order valence-electron chi connectivity index (χ3n) is 5.53. The van der Waals surface area contributed by atoms with E-state index in [0.29, 0.717) is 37.4 Å². The van der Waals surface area contributed by atoms with Crippen LogP contribution < -0.4 is 15.4 Å². The molecule has 8 nitrogen and oxygen atoms in total. The summed E-state index contributed by atoms with van der Waals surface area (Å²) in [6, 6.07) is 15.7. The van der Waals surface area contributed by atoms with E-state index in [0.717, 1.165) is 18.4 Å². The van der Waals surface area contributed by atoms with Crippen molar-refractivity contribution < 1.29 is 23.9 Å². The summed E-state index contributed by atoms with van der Waals surface area (Å²) >= 11 is 5.43. The Morgan fingerprint density at radius 3 is 2.71 bits per heavy atom. The van der Waals surface area contributed by atoms with Crippen LogP contribution >= 0.6 is 12.2 Å². The fraction of sp³-hybridized carbons (Fsp3) is 0.385. The topological polar surface area (TPSA) is 97.0 Å². The Balaban J connectivity index is 1.55. The van der Waals surface area contributed by atoms with Gasteiger partial charge in [-0.05, 0) is 42.4 Å². The minimum absolute atomic E-state index is 0.0873. The summed E-state index contributed by atoms with van der Waals surface area (Å²) in [4.78, 5) is 39.3. The first-order valence-corrected chi connectivity index (χ1v) is 12.2. The first kappa shape index (κ1) is 26.2. The Kier molecular flexibility index (Phi) is 10.0. The van der Waals surface area contributed by atoms with Gasteiger partial charge in [-0.3, -0.25) is 19.7 Å². The van der Waals surface area contributed by atoms with Gasteiger partial charge in [-0.1, -0.05) is 49.7 Å². The molecule has 3 rings (SSSR count). The summed E-state index contributed by atoms with van der Waals surface area (Å²) < 4.78 is 11.0. The Hall–Kier alpha value is -3.46. The van der Waals surface area contributed by atoms with E-state index in [9.17, 15) is 14.4 Å². The maximum Gasteiger partial charge on any atom is 0.308 e. The molecule has 1 fully saturated rings. The third kappa shape index (κ3) is 8.06. The quantitative estimate of drug-likeness (QED) is 0.296. The molecule has 9 heteroatoms. The zero-order chi connectivity index (χ0) is 25.0. The number of hydrogen-bond donors (Lipinski definition) is 2. The van der Waals surface area contributed by atoms with Gasteiger partial charge in [0.15, 0.2) is 5.11 Å². The van der Waals surface area contributed by atoms with E-state index in [1.165, 1.54) is 0 Å². The molecule has 1 saturated heterocycles. The van der Waals surface area contributed by atoms with E-state index in [2.05, 4.69) is 17.6 Å². The maximum atomic E-state index is 12.8. The van der Waals surface area contributed by atoms with Crippen LogP contribution in [0.15, 0.2) is 54.6 Å². The van der Waals surface area contributed by atoms with Crippen LogP contribution in [0.3, 0.4) is 0 Å². The average Bonchev–Trinajstić information content (AvgIpc) is 2.86. The highest BCUT2D eigenvalue weighted by Gasteiger charge is 2.34. The number of rotatable bonds is 10. The number of unbranched alkanes of at least 4 members (excludes halogenated alkanes) is 1. The third-order valence-corrected chi connectivity index (χ3v) is 5.87. The predicted molar refractivity (Wildman–Crippen MR) is 136 cm³/mol. The molecule has 186 valence electrons. The van der Waals surface area contributed by atoms with E-state index in [4.69, 9.17) is 21.7 Å². The number of carbonyl (C=O) groups excluding carboxylic acids is 3. The monoisotopic (exact) mass is 497 g/mol. The van der Waals surface area contributed by atoms with Gasteiger partial charge in [0.1, 0.15) is 11.8 Å². The zero-order valence-corrected chi connectivity index (χ0v) is 20.6. The molecule has 2 aromatic rings. The lowest BCUT2D eigenvalue weighted by atomic mass is 10.1.